The Labute approximate surface area is 164 Å². The van der Waals surface area contributed by atoms with Gasteiger partial charge >= 0.3 is 0 Å². The number of aryl methyl sites for hydroxylation is 4. The lowest BCUT2D eigenvalue weighted by molar-refractivity contribution is 0.102. The van der Waals surface area contributed by atoms with E-state index in [9.17, 15) is 4.79 Å². The zero-order valence-corrected chi connectivity index (χ0v) is 17.0. The van der Waals surface area contributed by atoms with Crippen LogP contribution in [0.5, 0.6) is 0 Å². The number of Topliss-reactive ketones (excluding diaryl/α,β-unsaturated/α-hetero) is 1. The Balaban J connectivity index is 1.79. The SMILES string of the molecule is CCc1ccc(CC)c(C(=O)CSc2nnnn2-c2ccc(C)c(C)c2)c1. The van der Waals surface area contributed by atoms with Crippen molar-refractivity contribution in [2.75, 3.05) is 5.75 Å². The fourth-order valence-electron chi connectivity index (χ4n) is 2.91. The van der Waals surface area contributed by atoms with Crippen LogP contribution >= 0.6 is 11.8 Å². The van der Waals surface area contributed by atoms with Crippen LogP contribution in [0.2, 0.25) is 0 Å². The van der Waals surface area contributed by atoms with Gasteiger partial charge in [0, 0.05) is 5.56 Å². The van der Waals surface area contributed by atoms with Gasteiger partial charge in [-0.1, -0.05) is 43.8 Å². The Morgan fingerprint density at radius 2 is 1.85 bits per heavy atom. The summed E-state index contributed by atoms with van der Waals surface area (Å²) in [4.78, 5) is 12.8. The maximum absolute atomic E-state index is 12.8. The van der Waals surface area contributed by atoms with Crippen LogP contribution in [0, 0.1) is 13.8 Å². The molecule has 27 heavy (non-hydrogen) atoms. The predicted octanol–water partition coefficient (Wildman–Crippen LogP) is 4.38. The van der Waals surface area contributed by atoms with E-state index in [1.54, 1.807) is 4.68 Å². The van der Waals surface area contributed by atoms with Gasteiger partial charge in [-0.2, -0.15) is 4.68 Å². The summed E-state index contributed by atoms with van der Waals surface area (Å²) >= 11 is 1.37. The van der Waals surface area contributed by atoms with Gasteiger partial charge in [0.1, 0.15) is 0 Å². The summed E-state index contributed by atoms with van der Waals surface area (Å²) < 4.78 is 1.69. The largest absolute Gasteiger partial charge is 0.293 e. The molecule has 0 N–H and O–H groups in total. The molecule has 6 heteroatoms. The summed E-state index contributed by atoms with van der Waals surface area (Å²) in [6, 6.07) is 12.3. The third-order valence-electron chi connectivity index (χ3n) is 4.77. The van der Waals surface area contributed by atoms with Gasteiger partial charge in [-0.25, -0.2) is 0 Å². The van der Waals surface area contributed by atoms with Crippen molar-refractivity contribution in [1.29, 1.82) is 0 Å². The molecule has 3 aromatic rings. The molecule has 0 bridgehead atoms. The normalized spacial score (nSPS) is 11.0. The van der Waals surface area contributed by atoms with Crippen LogP contribution in [-0.4, -0.2) is 31.7 Å². The van der Waals surface area contributed by atoms with Gasteiger partial charge in [-0.3, -0.25) is 4.79 Å². The molecule has 0 unspecified atom stereocenters. The first kappa shape index (κ1) is 19.3. The number of carbonyl (C=O) groups excluding carboxylic acids is 1. The molecule has 1 aromatic heterocycles. The standard InChI is InChI=1S/C21H24N4OS/c1-5-16-8-9-17(6-2)19(12-16)20(26)13-27-21-22-23-24-25(21)18-10-7-14(3)15(4)11-18/h7-12H,5-6,13H2,1-4H3. The second kappa shape index (κ2) is 8.48. The van der Waals surface area contributed by atoms with Crippen molar-refractivity contribution in [2.45, 2.75) is 45.7 Å². The number of nitrogens with zero attached hydrogens (tertiary/aromatic N) is 4. The molecule has 0 aliphatic carbocycles. The van der Waals surface area contributed by atoms with Crippen molar-refractivity contribution < 1.29 is 4.79 Å². The van der Waals surface area contributed by atoms with Crippen LogP contribution in [0.1, 0.15) is 46.5 Å². The number of tetrazole rings is 1. The third kappa shape index (κ3) is 4.27. The van der Waals surface area contributed by atoms with Crippen LogP contribution in [0.3, 0.4) is 0 Å². The van der Waals surface area contributed by atoms with Gasteiger partial charge in [-0.15, -0.1) is 5.10 Å². The number of hydrogen-bond donors (Lipinski definition) is 0. The van der Waals surface area contributed by atoms with Crippen molar-refractivity contribution in [3.8, 4) is 5.69 Å². The van der Waals surface area contributed by atoms with Crippen molar-refractivity contribution in [3.63, 3.8) is 0 Å². The van der Waals surface area contributed by atoms with E-state index in [4.69, 9.17) is 0 Å². The molecule has 0 saturated carbocycles. The minimum atomic E-state index is 0.113. The molecule has 0 spiro atoms. The molecule has 0 aliphatic heterocycles. The lowest BCUT2D eigenvalue weighted by atomic mass is 9.98. The highest BCUT2D eigenvalue weighted by Gasteiger charge is 2.15. The maximum atomic E-state index is 12.8. The van der Waals surface area contributed by atoms with E-state index >= 15 is 0 Å². The average Bonchev–Trinajstić information content (AvgIpc) is 3.16. The molecule has 0 radical (unpaired) electrons. The zero-order valence-electron chi connectivity index (χ0n) is 16.2. The van der Waals surface area contributed by atoms with Crippen molar-refractivity contribution in [2.24, 2.45) is 0 Å². The van der Waals surface area contributed by atoms with Gasteiger partial charge < -0.3 is 0 Å². The van der Waals surface area contributed by atoms with E-state index < -0.39 is 0 Å². The summed E-state index contributed by atoms with van der Waals surface area (Å²) in [5.74, 6) is 0.424. The number of carbonyl (C=O) groups is 1. The van der Waals surface area contributed by atoms with Gasteiger partial charge in [0.05, 0.1) is 11.4 Å². The van der Waals surface area contributed by atoms with E-state index in [1.807, 2.05) is 12.1 Å². The minimum absolute atomic E-state index is 0.113. The number of ketones is 1. The number of thioether (sulfide) groups is 1. The predicted molar refractivity (Wildman–Crippen MR) is 109 cm³/mol. The Kier molecular flexibility index (Phi) is 6.06. The first-order valence-corrected chi connectivity index (χ1v) is 10.2. The third-order valence-corrected chi connectivity index (χ3v) is 5.69. The molecule has 0 saturated heterocycles. The Morgan fingerprint density at radius 3 is 2.56 bits per heavy atom. The Bertz CT molecular complexity index is 965. The smallest absolute Gasteiger partial charge is 0.214 e. The fraction of sp³-hybridized carbons (Fsp3) is 0.333. The zero-order chi connectivity index (χ0) is 19.4. The van der Waals surface area contributed by atoms with Gasteiger partial charge in [0.15, 0.2) is 5.78 Å². The number of rotatable bonds is 7. The molecule has 0 aliphatic rings. The molecule has 1 heterocycles. The topological polar surface area (TPSA) is 60.7 Å². The highest BCUT2D eigenvalue weighted by molar-refractivity contribution is 7.99. The van der Waals surface area contributed by atoms with E-state index in [0.717, 1.165) is 29.7 Å². The molecule has 3 rings (SSSR count). The first-order chi connectivity index (χ1) is 13.0. The van der Waals surface area contributed by atoms with Gasteiger partial charge in [-0.05, 0) is 77.6 Å². The lowest BCUT2D eigenvalue weighted by Crippen LogP contribution is -2.08. The first-order valence-electron chi connectivity index (χ1n) is 9.17. The molecule has 140 valence electrons. The van der Waals surface area contributed by atoms with Crippen LogP contribution in [0.4, 0.5) is 0 Å². The molecule has 0 fully saturated rings. The van der Waals surface area contributed by atoms with Crippen LogP contribution in [0.25, 0.3) is 5.69 Å². The fourth-order valence-corrected chi connectivity index (χ4v) is 3.68. The van der Waals surface area contributed by atoms with Crippen LogP contribution in [-0.2, 0) is 12.8 Å². The number of hydrogen-bond acceptors (Lipinski definition) is 5. The maximum Gasteiger partial charge on any atom is 0.214 e. The van der Waals surface area contributed by atoms with E-state index in [0.29, 0.717) is 10.9 Å². The number of aromatic nitrogens is 4. The van der Waals surface area contributed by atoms with Crippen molar-refractivity contribution in [3.05, 3.63) is 64.2 Å². The van der Waals surface area contributed by atoms with Crippen molar-refractivity contribution in [1.82, 2.24) is 20.2 Å². The summed E-state index contributed by atoms with van der Waals surface area (Å²) in [5, 5.41) is 12.6. The second-order valence-electron chi connectivity index (χ2n) is 6.55. The summed E-state index contributed by atoms with van der Waals surface area (Å²) in [6.45, 7) is 8.31. The minimum Gasteiger partial charge on any atom is -0.293 e. The molecular weight excluding hydrogens is 356 g/mol. The van der Waals surface area contributed by atoms with Crippen molar-refractivity contribution >= 4 is 17.5 Å². The van der Waals surface area contributed by atoms with Crippen LogP contribution < -0.4 is 0 Å². The highest BCUT2D eigenvalue weighted by atomic mass is 32.2. The Hall–Kier alpha value is -2.47. The number of benzene rings is 2. The monoisotopic (exact) mass is 380 g/mol. The lowest BCUT2D eigenvalue weighted by Gasteiger charge is -2.09. The molecule has 5 nitrogen and oxygen atoms in total. The quantitative estimate of drug-likeness (QED) is 0.450. The average molecular weight is 381 g/mol. The highest BCUT2D eigenvalue weighted by Crippen LogP contribution is 2.22. The summed E-state index contributed by atoms with van der Waals surface area (Å²) in [5.41, 5.74) is 6.39. The van der Waals surface area contributed by atoms with Gasteiger partial charge in [0.25, 0.3) is 0 Å². The van der Waals surface area contributed by atoms with Gasteiger partial charge in [0.2, 0.25) is 5.16 Å². The molecule has 0 amide bonds. The second-order valence-corrected chi connectivity index (χ2v) is 7.49. The van der Waals surface area contributed by atoms with E-state index in [1.165, 1.54) is 28.5 Å². The van der Waals surface area contributed by atoms with E-state index in [-0.39, 0.29) is 5.78 Å². The molecular formula is C21H24N4OS. The molecule has 0 atom stereocenters. The Morgan fingerprint density at radius 1 is 1.04 bits per heavy atom. The molecule has 2 aromatic carbocycles. The summed E-state index contributed by atoms with van der Waals surface area (Å²) in [6.07, 6.45) is 1.76. The van der Waals surface area contributed by atoms with Crippen LogP contribution in [0.15, 0.2) is 41.6 Å². The van der Waals surface area contributed by atoms with E-state index in [2.05, 4.69) is 67.5 Å². The summed E-state index contributed by atoms with van der Waals surface area (Å²) in [7, 11) is 0.